The molecule has 0 fully saturated rings. The number of hydrogen-bond donors (Lipinski definition) is 2. The molecule has 9 heteroatoms. The van der Waals surface area contributed by atoms with Gasteiger partial charge in [-0.15, -0.1) is 0 Å². The van der Waals surface area contributed by atoms with Crippen molar-refractivity contribution in [2.45, 2.75) is 6.42 Å². The summed E-state index contributed by atoms with van der Waals surface area (Å²) in [7, 11) is -5.55. The van der Waals surface area contributed by atoms with Crippen LogP contribution in [-0.2, 0) is 19.9 Å². The van der Waals surface area contributed by atoms with E-state index in [2.05, 4.69) is 0 Å². The minimum atomic E-state index is -3.59. The largest absolute Gasteiger partial charge is 0.388 e. The van der Waals surface area contributed by atoms with Crippen LogP contribution in [0.2, 0.25) is 0 Å². The Balaban J connectivity index is 4.38. The Morgan fingerprint density at radius 2 is 1.75 bits per heavy atom. The Morgan fingerprint density at radius 3 is 2.12 bits per heavy atom. The third kappa shape index (κ3) is 6.75. The van der Waals surface area contributed by atoms with Gasteiger partial charge >= 0.3 is 0 Å². The summed E-state index contributed by atoms with van der Waals surface area (Å²) in [4.78, 5) is 0. The summed E-state index contributed by atoms with van der Waals surface area (Å²) in [6.45, 7) is 0.0848. The molecule has 0 amide bonds. The Bertz CT molecular complexity index is 440. The number of nitrogens with two attached hydrogens (primary N) is 1. The Labute approximate surface area is 96.1 Å². The second kappa shape index (κ2) is 5.60. The maximum Gasteiger partial charge on any atom is 0.214 e. The van der Waals surface area contributed by atoms with Crippen molar-refractivity contribution in [1.82, 2.24) is 4.31 Å². The van der Waals surface area contributed by atoms with Crippen LogP contribution in [0.1, 0.15) is 6.42 Å². The van der Waals surface area contributed by atoms with E-state index in [-0.39, 0.29) is 18.8 Å². The van der Waals surface area contributed by atoms with Crippen molar-refractivity contribution >= 4 is 25.7 Å². The first-order valence-corrected chi connectivity index (χ1v) is 8.16. The molecule has 0 aliphatic rings. The van der Waals surface area contributed by atoms with Gasteiger partial charge in [0.05, 0.1) is 17.3 Å². The molecule has 96 valence electrons. The number of amidine groups is 1. The average molecular weight is 271 g/mol. The standard InChI is InChI=1S/C7H17N3O4S2/c1-10(4-3-7(8)9)16(13,14)6-5-15(2,11)12/h3-6H2,1-2H3,(H3,8,9). The SMILES string of the molecule is CN(CCC(=N)N)S(=O)(=O)CCS(C)(=O)=O. The molecular formula is C7H17N3O4S2. The highest BCUT2D eigenvalue weighted by atomic mass is 32.2. The lowest BCUT2D eigenvalue weighted by Crippen LogP contribution is -2.34. The number of sulfone groups is 1. The summed E-state index contributed by atoms with van der Waals surface area (Å²) in [6, 6.07) is 0. The van der Waals surface area contributed by atoms with Crippen molar-refractivity contribution in [2.24, 2.45) is 5.73 Å². The molecule has 0 saturated heterocycles. The van der Waals surface area contributed by atoms with Gasteiger partial charge in [-0.25, -0.2) is 21.1 Å². The van der Waals surface area contributed by atoms with Gasteiger partial charge in [0.2, 0.25) is 10.0 Å². The topological polar surface area (TPSA) is 121 Å². The van der Waals surface area contributed by atoms with E-state index in [1.54, 1.807) is 0 Å². The summed E-state index contributed by atoms with van der Waals surface area (Å²) in [5.41, 5.74) is 5.09. The number of nitrogens with one attached hydrogen (secondary N) is 1. The maximum absolute atomic E-state index is 11.5. The number of nitrogens with zero attached hydrogens (tertiary/aromatic N) is 1. The Morgan fingerprint density at radius 1 is 1.25 bits per heavy atom. The summed E-state index contributed by atoms with van der Waals surface area (Å²) in [6.07, 6.45) is 1.12. The van der Waals surface area contributed by atoms with Crippen molar-refractivity contribution < 1.29 is 16.8 Å². The van der Waals surface area contributed by atoms with Crippen LogP contribution < -0.4 is 5.73 Å². The maximum atomic E-state index is 11.5. The molecule has 0 unspecified atom stereocenters. The number of sulfonamides is 1. The van der Waals surface area contributed by atoms with E-state index in [4.69, 9.17) is 11.1 Å². The van der Waals surface area contributed by atoms with Gasteiger partial charge in [-0.1, -0.05) is 0 Å². The predicted molar refractivity (Wildman–Crippen MR) is 62.7 cm³/mol. The lowest BCUT2D eigenvalue weighted by Gasteiger charge is -2.16. The van der Waals surface area contributed by atoms with E-state index in [0.29, 0.717) is 0 Å². The van der Waals surface area contributed by atoms with Gasteiger partial charge in [0, 0.05) is 26.3 Å². The third-order valence-electron chi connectivity index (χ3n) is 1.88. The van der Waals surface area contributed by atoms with Gasteiger partial charge in [0.15, 0.2) is 0 Å². The van der Waals surface area contributed by atoms with Crippen molar-refractivity contribution in [3.8, 4) is 0 Å². The first kappa shape index (κ1) is 15.3. The average Bonchev–Trinajstić information content (AvgIpc) is 2.10. The molecule has 0 aromatic rings. The van der Waals surface area contributed by atoms with Gasteiger partial charge in [0.25, 0.3) is 0 Å². The fourth-order valence-electron chi connectivity index (χ4n) is 0.830. The van der Waals surface area contributed by atoms with E-state index in [1.807, 2.05) is 0 Å². The molecule has 0 aromatic carbocycles. The van der Waals surface area contributed by atoms with Crippen LogP contribution in [0, 0.1) is 5.41 Å². The van der Waals surface area contributed by atoms with E-state index < -0.39 is 31.4 Å². The fraction of sp³-hybridized carbons (Fsp3) is 0.857. The van der Waals surface area contributed by atoms with Gasteiger partial charge < -0.3 is 5.73 Å². The Hall–Kier alpha value is -0.670. The normalized spacial score (nSPS) is 12.9. The van der Waals surface area contributed by atoms with Gasteiger partial charge in [-0.3, -0.25) is 5.41 Å². The molecule has 0 aliphatic heterocycles. The number of rotatable bonds is 7. The molecule has 0 saturated carbocycles. The molecule has 0 spiro atoms. The molecule has 0 atom stereocenters. The fourth-order valence-corrected chi connectivity index (χ4v) is 3.56. The lowest BCUT2D eigenvalue weighted by molar-refractivity contribution is 0.479. The van der Waals surface area contributed by atoms with Crippen molar-refractivity contribution in [3.63, 3.8) is 0 Å². The predicted octanol–water partition coefficient (Wildman–Crippen LogP) is -1.38. The molecule has 3 N–H and O–H groups in total. The smallest absolute Gasteiger partial charge is 0.214 e. The highest BCUT2D eigenvalue weighted by molar-refractivity contribution is 7.93. The molecule has 7 nitrogen and oxygen atoms in total. The van der Waals surface area contributed by atoms with E-state index >= 15 is 0 Å². The first-order valence-electron chi connectivity index (χ1n) is 4.49. The number of hydrogen-bond acceptors (Lipinski definition) is 5. The van der Waals surface area contributed by atoms with Crippen LogP contribution in [0.15, 0.2) is 0 Å². The van der Waals surface area contributed by atoms with E-state index in [1.165, 1.54) is 7.05 Å². The first-order chi connectivity index (χ1) is 7.04. The summed E-state index contributed by atoms with van der Waals surface area (Å²) >= 11 is 0. The zero-order valence-corrected chi connectivity index (χ0v) is 10.9. The van der Waals surface area contributed by atoms with Crippen LogP contribution in [0.4, 0.5) is 0 Å². The second-order valence-electron chi connectivity index (χ2n) is 3.54. The quantitative estimate of drug-likeness (QED) is 0.436. The van der Waals surface area contributed by atoms with Crippen LogP contribution >= 0.6 is 0 Å². The summed E-state index contributed by atoms with van der Waals surface area (Å²) < 4.78 is 45.8. The van der Waals surface area contributed by atoms with Crippen LogP contribution in [0.3, 0.4) is 0 Å². The van der Waals surface area contributed by atoms with E-state index in [0.717, 1.165) is 10.6 Å². The van der Waals surface area contributed by atoms with Crippen molar-refractivity contribution in [1.29, 1.82) is 5.41 Å². The van der Waals surface area contributed by atoms with Crippen LogP contribution in [0.5, 0.6) is 0 Å². The molecule has 16 heavy (non-hydrogen) atoms. The minimum Gasteiger partial charge on any atom is -0.388 e. The zero-order valence-electron chi connectivity index (χ0n) is 9.30. The highest BCUT2D eigenvalue weighted by Gasteiger charge is 2.19. The zero-order chi connectivity index (χ0) is 13.0. The highest BCUT2D eigenvalue weighted by Crippen LogP contribution is 2.00. The Kier molecular flexibility index (Phi) is 5.36. The van der Waals surface area contributed by atoms with Crippen molar-refractivity contribution in [2.75, 3.05) is 31.4 Å². The van der Waals surface area contributed by atoms with Crippen LogP contribution in [0.25, 0.3) is 0 Å². The lowest BCUT2D eigenvalue weighted by atomic mass is 10.4. The molecular weight excluding hydrogens is 254 g/mol. The second-order valence-corrected chi connectivity index (χ2v) is 8.00. The molecule has 0 aromatic heterocycles. The van der Waals surface area contributed by atoms with Gasteiger partial charge in [-0.2, -0.15) is 0 Å². The molecule has 0 aliphatic carbocycles. The summed E-state index contributed by atoms with van der Waals surface area (Å²) in [5, 5.41) is 6.95. The van der Waals surface area contributed by atoms with Crippen molar-refractivity contribution in [3.05, 3.63) is 0 Å². The molecule has 0 rings (SSSR count). The minimum absolute atomic E-state index is 0.0848. The molecule has 0 radical (unpaired) electrons. The summed E-state index contributed by atoms with van der Waals surface area (Å²) in [5.74, 6) is -0.954. The van der Waals surface area contributed by atoms with Gasteiger partial charge in [0.1, 0.15) is 9.84 Å². The monoisotopic (exact) mass is 271 g/mol. The molecule has 0 heterocycles. The van der Waals surface area contributed by atoms with E-state index in [9.17, 15) is 16.8 Å². The molecule has 0 bridgehead atoms. The van der Waals surface area contributed by atoms with Crippen LogP contribution in [-0.4, -0.2) is 58.3 Å². The third-order valence-corrected chi connectivity index (χ3v) is 4.94. The van der Waals surface area contributed by atoms with Gasteiger partial charge in [-0.05, 0) is 0 Å².